The van der Waals surface area contributed by atoms with E-state index in [1.54, 1.807) is 6.20 Å². The van der Waals surface area contributed by atoms with Gasteiger partial charge < -0.3 is 11.1 Å². The quantitative estimate of drug-likeness (QED) is 0.730. The van der Waals surface area contributed by atoms with Gasteiger partial charge in [0.1, 0.15) is 0 Å². The Hall–Kier alpha value is -1.36. The Morgan fingerprint density at radius 1 is 1.65 bits per heavy atom. The van der Waals surface area contributed by atoms with Crippen LogP contribution in [0.4, 0.5) is 0 Å². The molecule has 5 heteroatoms. The molecule has 0 aliphatic carbocycles. The van der Waals surface area contributed by atoms with E-state index < -0.39 is 0 Å². The van der Waals surface area contributed by atoms with Crippen LogP contribution in [0.25, 0.3) is 0 Å². The maximum Gasteiger partial charge on any atom is 0.236 e. The van der Waals surface area contributed by atoms with Crippen molar-refractivity contribution in [1.82, 2.24) is 15.1 Å². The predicted molar refractivity (Wildman–Crippen MR) is 67.4 cm³/mol. The number of hydrogen-bond acceptors (Lipinski definition) is 3. The lowest BCUT2D eigenvalue weighted by Gasteiger charge is -2.11. The number of nitrogens with zero attached hydrogens (tertiary/aromatic N) is 2. The third-order valence-electron chi connectivity index (χ3n) is 2.81. The Morgan fingerprint density at radius 2 is 2.41 bits per heavy atom. The minimum Gasteiger partial charge on any atom is -0.354 e. The molecule has 17 heavy (non-hydrogen) atoms. The first kappa shape index (κ1) is 13.7. The number of carbonyl (C=O) groups is 1. The number of nitrogens with one attached hydrogen (secondary N) is 1. The molecule has 96 valence electrons. The molecule has 1 amide bonds. The van der Waals surface area contributed by atoms with E-state index in [2.05, 4.69) is 17.3 Å². The van der Waals surface area contributed by atoms with Gasteiger partial charge in [0.15, 0.2) is 0 Å². The number of nitrogens with two attached hydrogens (primary N) is 1. The topological polar surface area (TPSA) is 72.9 Å². The Morgan fingerprint density at radius 3 is 3.00 bits per heavy atom. The highest BCUT2D eigenvalue weighted by molar-refractivity contribution is 5.81. The summed E-state index contributed by atoms with van der Waals surface area (Å²) >= 11 is 0. The maximum absolute atomic E-state index is 11.6. The van der Waals surface area contributed by atoms with Crippen molar-refractivity contribution in [2.45, 2.75) is 38.6 Å². The van der Waals surface area contributed by atoms with Gasteiger partial charge in [0.2, 0.25) is 5.91 Å². The van der Waals surface area contributed by atoms with E-state index in [4.69, 9.17) is 5.73 Å². The maximum atomic E-state index is 11.6. The van der Waals surface area contributed by atoms with Crippen molar-refractivity contribution in [3.8, 4) is 0 Å². The van der Waals surface area contributed by atoms with Crippen LogP contribution in [0, 0.1) is 0 Å². The fourth-order valence-electron chi connectivity index (χ4n) is 1.65. The Labute approximate surface area is 102 Å². The van der Waals surface area contributed by atoms with E-state index in [9.17, 15) is 4.79 Å². The van der Waals surface area contributed by atoms with Crippen molar-refractivity contribution in [2.24, 2.45) is 12.8 Å². The highest BCUT2D eigenvalue weighted by Crippen LogP contribution is 1.99. The second-order valence-corrected chi connectivity index (χ2v) is 4.24. The van der Waals surface area contributed by atoms with Gasteiger partial charge in [0, 0.05) is 31.9 Å². The van der Waals surface area contributed by atoms with E-state index >= 15 is 0 Å². The van der Waals surface area contributed by atoms with Crippen molar-refractivity contribution >= 4 is 5.91 Å². The number of amides is 1. The van der Waals surface area contributed by atoms with E-state index in [1.807, 2.05) is 17.8 Å². The van der Waals surface area contributed by atoms with Crippen molar-refractivity contribution < 1.29 is 4.79 Å². The van der Waals surface area contributed by atoms with Gasteiger partial charge in [-0.25, -0.2) is 0 Å². The van der Waals surface area contributed by atoms with E-state index in [0.717, 1.165) is 31.4 Å². The molecule has 0 aliphatic rings. The van der Waals surface area contributed by atoms with Crippen LogP contribution < -0.4 is 11.1 Å². The second kappa shape index (κ2) is 7.06. The lowest BCUT2D eigenvalue weighted by molar-refractivity contribution is -0.122. The molecular weight excluding hydrogens is 216 g/mol. The van der Waals surface area contributed by atoms with Gasteiger partial charge in [-0.3, -0.25) is 9.48 Å². The molecule has 0 bridgehead atoms. The van der Waals surface area contributed by atoms with Gasteiger partial charge in [0.25, 0.3) is 0 Å². The van der Waals surface area contributed by atoms with Crippen LogP contribution in [0.3, 0.4) is 0 Å². The number of hydrogen-bond donors (Lipinski definition) is 2. The van der Waals surface area contributed by atoms with E-state index in [1.165, 1.54) is 0 Å². The van der Waals surface area contributed by atoms with Crippen molar-refractivity contribution in [2.75, 3.05) is 6.54 Å². The molecule has 0 spiro atoms. The molecule has 0 aromatic carbocycles. The molecule has 0 radical (unpaired) electrons. The van der Waals surface area contributed by atoms with Crippen LogP contribution in [0.2, 0.25) is 0 Å². The van der Waals surface area contributed by atoms with Crippen LogP contribution in [0.15, 0.2) is 12.3 Å². The first-order valence-electron chi connectivity index (χ1n) is 6.15. The molecular formula is C12H22N4O. The van der Waals surface area contributed by atoms with Crippen molar-refractivity contribution in [3.05, 3.63) is 18.0 Å². The molecule has 0 fully saturated rings. The standard InChI is InChI=1S/C12H22N4O/c1-3-4-5-11(13)12(17)14-8-6-10-7-9-15-16(10)2/h7,9,11H,3-6,8,13H2,1-2H3,(H,14,17). The molecule has 3 N–H and O–H groups in total. The van der Waals surface area contributed by atoms with Crippen LogP contribution in [0.1, 0.15) is 31.9 Å². The average Bonchev–Trinajstić information content (AvgIpc) is 2.72. The van der Waals surface area contributed by atoms with E-state index in [-0.39, 0.29) is 11.9 Å². The summed E-state index contributed by atoms with van der Waals surface area (Å²) in [6, 6.07) is 1.57. The van der Waals surface area contributed by atoms with Crippen LogP contribution in [-0.2, 0) is 18.3 Å². The number of carbonyl (C=O) groups excluding carboxylic acids is 1. The average molecular weight is 238 g/mol. The molecule has 0 saturated heterocycles. The molecule has 1 rings (SSSR count). The summed E-state index contributed by atoms with van der Waals surface area (Å²) < 4.78 is 1.81. The highest BCUT2D eigenvalue weighted by atomic mass is 16.2. The highest BCUT2D eigenvalue weighted by Gasteiger charge is 2.11. The molecule has 1 atom stereocenters. The zero-order valence-electron chi connectivity index (χ0n) is 10.6. The second-order valence-electron chi connectivity index (χ2n) is 4.24. The first-order chi connectivity index (χ1) is 8.15. The fourth-order valence-corrected chi connectivity index (χ4v) is 1.65. The number of aryl methyl sites for hydroxylation is 1. The number of rotatable bonds is 7. The first-order valence-corrected chi connectivity index (χ1v) is 6.15. The van der Waals surface area contributed by atoms with Gasteiger partial charge in [-0.1, -0.05) is 19.8 Å². The predicted octanol–water partition coefficient (Wildman–Crippen LogP) is 0.596. The van der Waals surface area contributed by atoms with Gasteiger partial charge in [-0.2, -0.15) is 5.10 Å². The van der Waals surface area contributed by atoms with Gasteiger partial charge in [-0.05, 0) is 12.5 Å². The van der Waals surface area contributed by atoms with Crippen molar-refractivity contribution in [1.29, 1.82) is 0 Å². The molecule has 0 saturated carbocycles. The lowest BCUT2D eigenvalue weighted by atomic mass is 10.1. The third kappa shape index (κ3) is 4.56. The van der Waals surface area contributed by atoms with Crippen LogP contribution in [0.5, 0.6) is 0 Å². The Bertz CT molecular complexity index is 348. The molecule has 1 unspecified atom stereocenters. The Kier molecular flexibility index (Phi) is 5.69. The summed E-state index contributed by atoms with van der Waals surface area (Å²) in [7, 11) is 1.89. The summed E-state index contributed by atoms with van der Waals surface area (Å²) in [5, 5.41) is 6.92. The van der Waals surface area contributed by atoms with Gasteiger partial charge in [-0.15, -0.1) is 0 Å². The third-order valence-corrected chi connectivity index (χ3v) is 2.81. The minimum atomic E-state index is -0.374. The number of aromatic nitrogens is 2. The Balaban J connectivity index is 2.22. The van der Waals surface area contributed by atoms with Crippen LogP contribution >= 0.6 is 0 Å². The number of unbranched alkanes of at least 4 members (excludes halogenated alkanes) is 1. The monoisotopic (exact) mass is 238 g/mol. The normalized spacial score (nSPS) is 12.4. The van der Waals surface area contributed by atoms with Gasteiger partial charge in [0.05, 0.1) is 6.04 Å². The zero-order chi connectivity index (χ0) is 12.7. The summed E-state index contributed by atoms with van der Waals surface area (Å²) in [5.41, 5.74) is 6.87. The fraction of sp³-hybridized carbons (Fsp3) is 0.667. The summed E-state index contributed by atoms with van der Waals surface area (Å²) in [6.07, 6.45) is 5.35. The molecule has 1 aromatic heterocycles. The molecule has 0 aliphatic heterocycles. The van der Waals surface area contributed by atoms with Crippen LogP contribution in [-0.4, -0.2) is 28.3 Å². The SMILES string of the molecule is CCCCC(N)C(=O)NCCc1ccnn1C. The largest absolute Gasteiger partial charge is 0.354 e. The molecule has 5 nitrogen and oxygen atoms in total. The molecule has 1 aromatic rings. The summed E-state index contributed by atoms with van der Waals surface area (Å²) in [5.74, 6) is -0.0550. The molecule has 1 heterocycles. The minimum absolute atomic E-state index is 0.0550. The zero-order valence-corrected chi connectivity index (χ0v) is 10.6. The smallest absolute Gasteiger partial charge is 0.236 e. The van der Waals surface area contributed by atoms with E-state index in [0.29, 0.717) is 6.54 Å². The summed E-state index contributed by atoms with van der Waals surface area (Å²) in [4.78, 5) is 11.6. The lowest BCUT2D eigenvalue weighted by Crippen LogP contribution is -2.41. The van der Waals surface area contributed by atoms with Crippen molar-refractivity contribution in [3.63, 3.8) is 0 Å². The summed E-state index contributed by atoms with van der Waals surface area (Å²) in [6.45, 7) is 2.70. The van der Waals surface area contributed by atoms with Gasteiger partial charge >= 0.3 is 0 Å².